The van der Waals surface area contributed by atoms with Gasteiger partial charge < -0.3 is 15.2 Å². The fraction of sp³-hybridized carbons (Fsp3) is 0.636. The van der Waals surface area contributed by atoms with E-state index in [1.165, 1.54) is 11.5 Å². The van der Waals surface area contributed by atoms with Gasteiger partial charge in [-0.1, -0.05) is 23.5 Å². The third kappa shape index (κ3) is 3.14. The summed E-state index contributed by atoms with van der Waals surface area (Å²) < 4.78 is 9.22. The lowest BCUT2D eigenvalue weighted by Crippen LogP contribution is -2.26. The molecule has 2 aromatic heterocycles. The Kier molecular flexibility index (Phi) is 4.23. The predicted octanol–water partition coefficient (Wildman–Crippen LogP) is 1.27. The number of nitrogens with zero attached hydrogens (tertiary/aromatic N) is 5. The highest BCUT2D eigenvalue weighted by molar-refractivity contribution is 7.09. The summed E-state index contributed by atoms with van der Waals surface area (Å²) in [5.74, 6) is 1.22. The molecular weight excluding hydrogens is 264 g/mol. The van der Waals surface area contributed by atoms with Crippen LogP contribution in [0.2, 0.25) is 0 Å². The van der Waals surface area contributed by atoms with Crippen LogP contribution < -0.4 is 5.73 Å². The molecular formula is C11H18N6OS. The average Bonchev–Trinajstić information content (AvgIpc) is 2.96. The van der Waals surface area contributed by atoms with Crippen LogP contribution in [-0.2, 0) is 0 Å². The van der Waals surface area contributed by atoms with Crippen LogP contribution in [0.1, 0.15) is 37.3 Å². The molecule has 0 radical (unpaired) electrons. The van der Waals surface area contributed by atoms with Crippen molar-refractivity contribution in [1.82, 2.24) is 24.6 Å². The number of hydrogen-bond acceptors (Lipinski definition) is 8. The lowest BCUT2D eigenvalue weighted by molar-refractivity contribution is 0.357. The van der Waals surface area contributed by atoms with E-state index in [-0.39, 0.29) is 12.0 Å². The van der Waals surface area contributed by atoms with Gasteiger partial charge in [0.25, 0.3) is 5.89 Å². The lowest BCUT2D eigenvalue weighted by Gasteiger charge is -2.12. The number of likely N-dealkylation sites (N-methyl/N-ethyl adjacent to an activating group) is 1. The molecule has 0 saturated heterocycles. The quantitative estimate of drug-likeness (QED) is 0.882. The molecule has 0 bridgehead atoms. The highest BCUT2D eigenvalue weighted by Gasteiger charge is 2.21. The molecule has 0 spiro atoms. The van der Waals surface area contributed by atoms with Crippen LogP contribution >= 0.6 is 11.5 Å². The molecule has 0 aliphatic rings. The van der Waals surface area contributed by atoms with Crippen LogP contribution in [0.3, 0.4) is 0 Å². The van der Waals surface area contributed by atoms with Crippen molar-refractivity contribution < 1.29 is 4.52 Å². The lowest BCUT2D eigenvalue weighted by atomic mass is 10.1. The fourth-order valence-corrected chi connectivity index (χ4v) is 2.42. The molecule has 1 unspecified atom stereocenters. The maximum absolute atomic E-state index is 6.01. The van der Waals surface area contributed by atoms with Crippen LogP contribution in [-0.4, -0.2) is 45.3 Å². The molecule has 2 heterocycles. The van der Waals surface area contributed by atoms with Crippen molar-refractivity contribution in [3.05, 3.63) is 11.5 Å². The first-order chi connectivity index (χ1) is 8.99. The van der Waals surface area contributed by atoms with Crippen molar-refractivity contribution in [2.45, 2.75) is 25.8 Å². The second-order valence-electron chi connectivity index (χ2n) is 4.97. The van der Waals surface area contributed by atoms with Gasteiger partial charge in [0.15, 0.2) is 5.82 Å². The first-order valence-corrected chi connectivity index (χ1v) is 6.83. The Morgan fingerprint density at radius 2 is 2.11 bits per heavy atom. The minimum absolute atomic E-state index is 0.263. The normalized spacial score (nSPS) is 13.4. The molecule has 104 valence electrons. The summed E-state index contributed by atoms with van der Waals surface area (Å²) in [5, 5.41) is 8.03. The standard InChI is InChI=1S/C11H18N6OS/c1-6(2)8-9(19-16-14-8)11-13-10(15-18-11)7(12)5-17(3)4/h6-7H,5,12H2,1-4H3. The number of aromatic nitrogens is 4. The smallest absolute Gasteiger partial charge is 0.271 e. The Balaban J connectivity index is 2.23. The maximum atomic E-state index is 6.01. The summed E-state index contributed by atoms with van der Waals surface area (Å²) >= 11 is 1.26. The zero-order valence-electron chi connectivity index (χ0n) is 11.5. The van der Waals surface area contributed by atoms with Gasteiger partial charge in [-0.25, -0.2) is 0 Å². The monoisotopic (exact) mass is 282 g/mol. The molecule has 0 saturated carbocycles. The van der Waals surface area contributed by atoms with Gasteiger partial charge >= 0.3 is 0 Å². The fourth-order valence-electron chi connectivity index (χ4n) is 1.68. The number of nitrogens with two attached hydrogens (primary N) is 1. The van der Waals surface area contributed by atoms with Crippen molar-refractivity contribution in [1.29, 1.82) is 0 Å². The van der Waals surface area contributed by atoms with E-state index in [4.69, 9.17) is 10.3 Å². The zero-order chi connectivity index (χ0) is 14.0. The summed E-state index contributed by atoms with van der Waals surface area (Å²) in [4.78, 5) is 7.16. The molecule has 0 aliphatic carbocycles. The summed E-state index contributed by atoms with van der Waals surface area (Å²) in [6.45, 7) is 4.77. The topological polar surface area (TPSA) is 94.0 Å². The maximum Gasteiger partial charge on any atom is 0.271 e. The van der Waals surface area contributed by atoms with Gasteiger partial charge in [-0.15, -0.1) is 5.10 Å². The van der Waals surface area contributed by atoms with Crippen molar-refractivity contribution in [3.8, 4) is 10.8 Å². The molecule has 19 heavy (non-hydrogen) atoms. The molecule has 2 aromatic rings. The largest absolute Gasteiger partial charge is 0.333 e. The van der Waals surface area contributed by atoms with Gasteiger partial charge in [0.05, 0.1) is 11.7 Å². The molecule has 0 amide bonds. The first kappa shape index (κ1) is 14.0. The van der Waals surface area contributed by atoms with E-state index >= 15 is 0 Å². The van der Waals surface area contributed by atoms with E-state index in [9.17, 15) is 0 Å². The highest BCUT2D eigenvalue weighted by Crippen LogP contribution is 2.29. The average molecular weight is 282 g/mol. The van der Waals surface area contributed by atoms with Crippen LogP contribution in [0.25, 0.3) is 10.8 Å². The number of hydrogen-bond donors (Lipinski definition) is 1. The van der Waals surface area contributed by atoms with E-state index in [1.54, 1.807) is 0 Å². The minimum Gasteiger partial charge on any atom is -0.333 e. The van der Waals surface area contributed by atoms with Crippen molar-refractivity contribution in [2.75, 3.05) is 20.6 Å². The van der Waals surface area contributed by atoms with E-state index < -0.39 is 0 Å². The Morgan fingerprint density at radius 3 is 2.74 bits per heavy atom. The van der Waals surface area contributed by atoms with Gasteiger partial charge in [0.1, 0.15) is 4.88 Å². The Hall–Kier alpha value is -1.38. The van der Waals surface area contributed by atoms with Gasteiger partial charge in [0, 0.05) is 6.54 Å². The summed E-state index contributed by atoms with van der Waals surface area (Å²) in [7, 11) is 3.90. The van der Waals surface area contributed by atoms with Gasteiger partial charge in [-0.2, -0.15) is 4.98 Å². The molecule has 8 heteroatoms. The molecule has 2 N–H and O–H groups in total. The molecule has 2 rings (SSSR count). The zero-order valence-corrected chi connectivity index (χ0v) is 12.3. The van der Waals surface area contributed by atoms with Gasteiger partial charge in [0.2, 0.25) is 0 Å². The van der Waals surface area contributed by atoms with E-state index in [0.29, 0.717) is 18.3 Å². The van der Waals surface area contributed by atoms with Crippen LogP contribution in [0.15, 0.2) is 4.52 Å². The third-order valence-electron chi connectivity index (χ3n) is 2.59. The van der Waals surface area contributed by atoms with E-state index in [2.05, 4.69) is 33.6 Å². The predicted molar refractivity (Wildman–Crippen MR) is 72.8 cm³/mol. The van der Waals surface area contributed by atoms with Crippen LogP contribution in [0.4, 0.5) is 0 Å². The molecule has 1 atom stereocenters. The summed E-state index contributed by atoms with van der Waals surface area (Å²) in [5.41, 5.74) is 6.88. The molecule has 7 nitrogen and oxygen atoms in total. The molecule has 0 fully saturated rings. The SMILES string of the molecule is CC(C)c1nnsc1-c1nc(C(N)CN(C)C)no1. The Labute approximate surface area is 116 Å². The Bertz CT molecular complexity index is 535. The van der Waals surface area contributed by atoms with E-state index in [1.807, 2.05) is 19.0 Å². The molecule has 0 aliphatic heterocycles. The van der Waals surface area contributed by atoms with Crippen LogP contribution in [0.5, 0.6) is 0 Å². The number of rotatable bonds is 5. The van der Waals surface area contributed by atoms with Crippen LogP contribution in [0, 0.1) is 0 Å². The van der Waals surface area contributed by atoms with Crippen molar-refractivity contribution >= 4 is 11.5 Å². The minimum atomic E-state index is -0.268. The summed E-state index contributed by atoms with van der Waals surface area (Å²) in [6, 6.07) is -0.268. The first-order valence-electron chi connectivity index (χ1n) is 6.05. The highest BCUT2D eigenvalue weighted by atomic mass is 32.1. The second-order valence-corrected chi connectivity index (χ2v) is 5.72. The van der Waals surface area contributed by atoms with E-state index in [0.717, 1.165) is 10.6 Å². The second kappa shape index (κ2) is 5.72. The van der Waals surface area contributed by atoms with Gasteiger partial charge in [-0.05, 0) is 31.5 Å². The van der Waals surface area contributed by atoms with Crippen molar-refractivity contribution in [3.63, 3.8) is 0 Å². The summed E-state index contributed by atoms with van der Waals surface area (Å²) in [6.07, 6.45) is 0. The van der Waals surface area contributed by atoms with Crippen molar-refractivity contribution in [2.24, 2.45) is 5.73 Å². The Morgan fingerprint density at radius 1 is 1.37 bits per heavy atom. The third-order valence-corrected chi connectivity index (χ3v) is 3.32. The van der Waals surface area contributed by atoms with Gasteiger partial charge in [-0.3, -0.25) is 0 Å². The molecule has 0 aromatic carbocycles.